The predicted octanol–water partition coefficient (Wildman–Crippen LogP) is 2.45. The summed E-state index contributed by atoms with van der Waals surface area (Å²) >= 11 is 9.78. The second-order valence-electron chi connectivity index (χ2n) is 3.06. The van der Waals surface area contributed by atoms with Crippen LogP contribution in [0.3, 0.4) is 0 Å². The van der Waals surface area contributed by atoms with Crippen LogP contribution in [-0.2, 0) is 0 Å². The third-order valence-corrected chi connectivity index (χ3v) is 2.43. The first-order chi connectivity index (χ1) is 7.06. The van der Waals surface area contributed by atoms with Crippen molar-refractivity contribution >= 4 is 30.1 Å². The molecule has 0 atom stereocenters. The summed E-state index contributed by atoms with van der Waals surface area (Å²) in [5.41, 5.74) is 0.576. The molecule has 0 bridgehead atoms. The van der Waals surface area contributed by atoms with E-state index in [1.54, 1.807) is 6.92 Å². The van der Waals surface area contributed by atoms with E-state index >= 15 is 0 Å². The first-order valence-electron chi connectivity index (χ1n) is 4.41. The van der Waals surface area contributed by atoms with E-state index < -0.39 is 5.82 Å². The Kier molecular flexibility index (Phi) is 4.42. The lowest BCUT2D eigenvalue weighted by atomic mass is 10.1. The van der Waals surface area contributed by atoms with Crippen LogP contribution >= 0.6 is 24.2 Å². The Morgan fingerprint density at radius 2 is 2.27 bits per heavy atom. The summed E-state index contributed by atoms with van der Waals surface area (Å²) in [5.74, 6) is -0.291. The zero-order valence-corrected chi connectivity index (χ0v) is 9.83. The maximum atomic E-state index is 13.2. The molecular formula is C10H11ClFNOS. The number of halogens is 2. The SMILES string of the molecule is Cc1cc(Cl)c(C(=O)NCCS)cc1F. The van der Waals surface area contributed by atoms with E-state index in [1.807, 2.05) is 0 Å². The van der Waals surface area contributed by atoms with E-state index in [0.717, 1.165) is 6.07 Å². The van der Waals surface area contributed by atoms with Crippen LogP contribution in [0, 0.1) is 12.7 Å². The zero-order valence-electron chi connectivity index (χ0n) is 8.18. The van der Waals surface area contributed by atoms with Crippen LogP contribution < -0.4 is 5.32 Å². The average molecular weight is 248 g/mol. The molecule has 0 saturated carbocycles. The van der Waals surface area contributed by atoms with Gasteiger partial charge in [-0.05, 0) is 24.6 Å². The smallest absolute Gasteiger partial charge is 0.252 e. The standard InChI is InChI=1S/C10H11ClFNOS/c1-6-4-8(11)7(5-9(6)12)10(14)13-2-3-15/h4-5,15H,2-3H2,1H3,(H,13,14). The number of amides is 1. The highest BCUT2D eigenvalue weighted by atomic mass is 35.5. The minimum Gasteiger partial charge on any atom is -0.351 e. The van der Waals surface area contributed by atoms with Gasteiger partial charge in [0.15, 0.2) is 0 Å². The molecule has 0 unspecified atom stereocenters. The van der Waals surface area contributed by atoms with E-state index in [-0.39, 0.29) is 16.5 Å². The summed E-state index contributed by atoms with van der Waals surface area (Å²) in [4.78, 5) is 11.5. The fourth-order valence-corrected chi connectivity index (χ4v) is 1.50. The third kappa shape index (κ3) is 3.11. The lowest BCUT2D eigenvalue weighted by Crippen LogP contribution is -2.25. The van der Waals surface area contributed by atoms with Crippen LogP contribution in [0.4, 0.5) is 4.39 Å². The average Bonchev–Trinajstić information content (AvgIpc) is 2.20. The maximum absolute atomic E-state index is 13.2. The van der Waals surface area contributed by atoms with Gasteiger partial charge in [-0.2, -0.15) is 12.6 Å². The number of carbonyl (C=O) groups excluding carboxylic acids is 1. The molecule has 5 heteroatoms. The highest BCUT2D eigenvalue weighted by Gasteiger charge is 2.12. The number of hydrogen-bond donors (Lipinski definition) is 2. The number of benzene rings is 1. The van der Waals surface area contributed by atoms with Crippen molar-refractivity contribution in [3.05, 3.63) is 34.1 Å². The van der Waals surface area contributed by atoms with Crippen molar-refractivity contribution in [1.29, 1.82) is 0 Å². The van der Waals surface area contributed by atoms with Gasteiger partial charge in [0.1, 0.15) is 5.82 Å². The molecule has 0 fully saturated rings. The van der Waals surface area contributed by atoms with Crippen molar-refractivity contribution in [1.82, 2.24) is 5.32 Å². The largest absolute Gasteiger partial charge is 0.351 e. The quantitative estimate of drug-likeness (QED) is 0.790. The summed E-state index contributed by atoms with van der Waals surface area (Å²) in [6.07, 6.45) is 0. The lowest BCUT2D eigenvalue weighted by molar-refractivity contribution is 0.0956. The van der Waals surface area contributed by atoms with Gasteiger partial charge in [0.05, 0.1) is 10.6 Å². The molecule has 0 aliphatic carbocycles. The minimum absolute atomic E-state index is 0.154. The molecule has 82 valence electrons. The lowest BCUT2D eigenvalue weighted by Gasteiger charge is -2.06. The number of rotatable bonds is 3. The maximum Gasteiger partial charge on any atom is 0.252 e. The fourth-order valence-electron chi connectivity index (χ4n) is 1.08. The Hall–Kier alpha value is -0.740. The first kappa shape index (κ1) is 12.3. The van der Waals surface area contributed by atoms with Crippen LogP contribution in [0.1, 0.15) is 15.9 Å². The number of nitrogens with one attached hydrogen (secondary N) is 1. The van der Waals surface area contributed by atoms with Crippen LogP contribution in [0.25, 0.3) is 0 Å². The molecule has 1 N–H and O–H groups in total. The zero-order chi connectivity index (χ0) is 11.4. The van der Waals surface area contributed by atoms with E-state index in [0.29, 0.717) is 17.9 Å². The van der Waals surface area contributed by atoms with Crippen molar-refractivity contribution < 1.29 is 9.18 Å². The first-order valence-corrected chi connectivity index (χ1v) is 5.42. The van der Waals surface area contributed by atoms with Crippen LogP contribution in [0.5, 0.6) is 0 Å². The number of hydrogen-bond acceptors (Lipinski definition) is 2. The van der Waals surface area contributed by atoms with E-state index in [2.05, 4.69) is 17.9 Å². The summed E-state index contributed by atoms with van der Waals surface area (Å²) in [7, 11) is 0. The summed E-state index contributed by atoms with van der Waals surface area (Å²) in [6, 6.07) is 2.58. The topological polar surface area (TPSA) is 29.1 Å². The van der Waals surface area contributed by atoms with Crippen molar-refractivity contribution in [2.45, 2.75) is 6.92 Å². The highest BCUT2D eigenvalue weighted by Crippen LogP contribution is 2.20. The second kappa shape index (κ2) is 5.37. The Balaban J connectivity index is 2.94. The Morgan fingerprint density at radius 3 is 2.87 bits per heavy atom. The van der Waals surface area contributed by atoms with Gasteiger partial charge in [0.2, 0.25) is 0 Å². The van der Waals surface area contributed by atoms with Crippen LogP contribution in [0.15, 0.2) is 12.1 Å². The summed E-state index contributed by atoms with van der Waals surface area (Å²) in [6.45, 7) is 2.02. The molecule has 0 saturated heterocycles. The molecule has 0 spiro atoms. The van der Waals surface area contributed by atoms with Crippen molar-refractivity contribution in [3.8, 4) is 0 Å². The summed E-state index contributed by atoms with van der Waals surface area (Å²) < 4.78 is 13.2. The molecule has 1 aromatic rings. The van der Waals surface area contributed by atoms with E-state index in [4.69, 9.17) is 11.6 Å². The van der Waals surface area contributed by atoms with Gasteiger partial charge in [-0.3, -0.25) is 4.79 Å². The molecule has 15 heavy (non-hydrogen) atoms. The van der Waals surface area contributed by atoms with Gasteiger partial charge in [-0.15, -0.1) is 0 Å². The van der Waals surface area contributed by atoms with Gasteiger partial charge in [-0.1, -0.05) is 11.6 Å². The molecular weight excluding hydrogens is 237 g/mol. The molecule has 2 nitrogen and oxygen atoms in total. The molecule has 1 rings (SSSR count). The summed E-state index contributed by atoms with van der Waals surface area (Å²) in [5, 5.41) is 2.82. The second-order valence-corrected chi connectivity index (χ2v) is 3.92. The van der Waals surface area contributed by atoms with Gasteiger partial charge >= 0.3 is 0 Å². The fraction of sp³-hybridized carbons (Fsp3) is 0.300. The Bertz CT molecular complexity index is 384. The minimum atomic E-state index is -0.435. The van der Waals surface area contributed by atoms with Crippen molar-refractivity contribution in [2.24, 2.45) is 0 Å². The third-order valence-electron chi connectivity index (χ3n) is 1.89. The van der Waals surface area contributed by atoms with Crippen molar-refractivity contribution in [2.75, 3.05) is 12.3 Å². The van der Waals surface area contributed by atoms with Crippen LogP contribution in [-0.4, -0.2) is 18.2 Å². The van der Waals surface area contributed by atoms with E-state index in [1.165, 1.54) is 6.07 Å². The normalized spacial score (nSPS) is 10.1. The predicted molar refractivity (Wildman–Crippen MR) is 62.3 cm³/mol. The molecule has 0 aliphatic heterocycles. The number of carbonyl (C=O) groups is 1. The number of thiol groups is 1. The number of aryl methyl sites for hydroxylation is 1. The van der Waals surface area contributed by atoms with Gasteiger partial charge in [-0.25, -0.2) is 4.39 Å². The Morgan fingerprint density at radius 1 is 1.60 bits per heavy atom. The monoisotopic (exact) mass is 247 g/mol. The molecule has 1 amide bonds. The van der Waals surface area contributed by atoms with Gasteiger partial charge < -0.3 is 5.32 Å². The van der Waals surface area contributed by atoms with Gasteiger partial charge in [0, 0.05) is 12.3 Å². The molecule has 1 aromatic carbocycles. The van der Waals surface area contributed by atoms with Crippen molar-refractivity contribution in [3.63, 3.8) is 0 Å². The molecule has 0 radical (unpaired) electrons. The molecule has 0 aromatic heterocycles. The van der Waals surface area contributed by atoms with Gasteiger partial charge in [0.25, 0.3) is 5.91 Å². The highest BCUT2D eigenvalue weighted by molar-refractivity contribution is 7.80. The van der Waals surface area contributed by atoms with Crippen LogP contribution in [0.2, 0.25) is 5.02 Å². The molecule has 0 aliphatic rings. The molecule has 0 heterocycles. The Labute approximate surface area is 98.2 Å². The van der Waals surface area contributed by atoms with E-state index in [9.17, 15) is 9.18 Å².